The number of rotatable bonds is 6. The van der Waals surface area contributed by atoms with E-state index in [2.05, 4.69) is 15.5 Å². The van der Waals surface area contributed by atoms with Crippen molar-refractivity contribution in [3.63, 3.8) is 0 Å². The molecule has 0 radical (unpaired) electrons. The van der Waals surface area contributed by atoms with Crippen LogP contribution in [0.3, 0.4) is 0 Å². The highest BCUT2D eigenvalue weighted by Crippen LogP contribution is 2.25. The molecule has 0 saturated heterocycles. The van der Waals surface area contributed by atoms with E-state index in [1.807, 2.05) is 13.0 Å². The van der Waals surface area contributed by atoms with Gasteiger partial charge in [-0.25, -0.2) is 4.39 Å². The van der Waals surface area contributed by atoms with Gasteiger partial charge >= 0.3 is 0 Å². The Balaban J connectivity index is 1.59. The first-order valence-electron chi connectivity index (χ1n) is 7.72. The van der Waals surface area contributed by atoms with Crippen molar-refractivity contribution in [1.82, 2.24) is 10.2 Å². The van der Waals surface area contributed by atoms with Gasteiger partial charge in [-0.1, -0.05) is 23.9 Å². The highest BCUT2D eigenvalue weighted by Gasteiger charge is 2.14. The number of nitrogens with one attached hydrogen (secondary N) is 1. The lowest BCUT2D eigenvalue weighted by atomic mass is 10.2. The molecule has 1 aromatic heterocycles. The Morgan fingerprint density at radius 1 is 1.27 bits per heavy atom. The predicted octanol–water partition coefficient (Wildman–Crippen LogP) is 3.92. The maximum atomic E-state index is 13.7. The molecule has 0 aliphatic carbocycles. The van der Waals surface area contributed by atoms with Gasteiger partial charge in [-0.05, 0) is 42.8 Å². The lowest BCUT2D eigenvalue weighted by Gasteiger charge is -2.09. The molecule has 134 valence electrons. The number of hydrogen-bond donors (Lipinski definition) is 1. The predicted molar refractivity (Wildman–Crippen MR) is 96.8 cm³/mol. The van der Waals surface area contributed by atoms with E-state index < -0.39 is 5.82 Å². The Morgan fingerprint density at radius 3 is 2.81 bits per heavy atom. The third-order valence-electron chi connectivity index (χ3n) is 3.55. The Labute approximate surface area is 153 Å². The molecular weight excluding hydrogens is 357 g/mol. The van der Waals surface area contributed by atoms with Crippen LogP contribution in [-0.4, -0.2) is 29.0 Å². The Morgan fingerprint density at radius 2 is 2.08 bits per heavy atom. The Hall–Kier alpha value is -2.87. The Bertz CT molecular complexity index is 930. The summed E-state index contributed by atoms with van der Waals surface area (Å²) < 4.78 is 24.3. The average molecular weight is 373 g/mol. The van der Waals surface area contributed by atoms with Crippen molar-refractivity contribution in [1.29, 1.82) is 0 Å². The van der Waals surface area contributed by atoms with Crippen LogP contribution in [0.1, 0.15) is 5.56 Å². The quantitative estimate of drug-likeness (QED) is 0.660. The molecule has 3 aromatic rings. The first-order valence-corrected chi connectivity index (χ1v) is 8.71. The van der Waals surface area contributed by atoms with E-state index in [4.69, 9.17) is 9.15 Å². The number of halogens is 1. The lowest BCUT2D eigenvalue weighted by molar-refractivity contribution is -0.113. The van der Waals surface area contributed by atoms with E-state index in [1.165, 1.54) is 6.07 Å². The summed E-state index contributed by atoms with van der Waals surface area (Å²) in [4.78, 5) is 12.1. The van der Waals surface area contributed by atoms with Gasteiger partial charge in [-0.3, -0.25) is 4.79 Å². The second-order valence-corrected chi connectivity index (χ2v) is 6.30. The summed E-state index contributed by atoms with van der Waals surface area (Å²) in [5, 5.41) is 10.7. The number of benzene rings is 2. The maximum Gasteiger partial charge on any atom is 0.277 e. The second-order valence-electron chi connectivity index (χ2n) is 5.37. The number of aryl methyl sites for hydroxylation is 1. The average Bonchev–Trinajstić information content (AvgIpc) is 3.11. The van der Waals surface area contributed by atoms with Gasteiger partial charge in [0.25, 0.3) is 11.1 Å². The fourth-order valence-corrected chi connectivity index (χ4v) is 2.79. The molecule has 0 aliphatic rings. The monoisotopic (exact) mass is 373 g/mol. The van der Waals surface area contributed by atoms with Gasteiger partial charge in [0.1, 0.15) is 11.6 Å². The number of nitrogens with zero attached hydrogens (tertiary/aromatic N) is 2. The molecule has 0 saturated carbocycles. The molecule has 8 heteroatoms. The van der Waals surface area contributed by atoms with Crippen LogP contribution in [0.5, 0.6) is 5.75 Å². The fraction of sp³-hybridized carbons (Fsp3) is 0.167. The number of carbonyl (C=O) groups is 1. The third-order valence-corrected chi connectivity index (χ3v) is 4.36. The number of amides is 1. The number of aromatic nitrogens is 2. The van der Waals surface area contributed by atoms with E-state index in [1.54, 1.807) is 37.4 Å². The summed E-state index contributed by atoms with van der Waals surface area (Å²) in [7, 11) is 1.59. The molecule has 0 aliphatic heterocycles. The Kier molecular flexibility index (Phi) is 5.52. The van der Waals surface area contributed by atoms with Crippen LogP contribution in [0, 0.1) is 12.7 Å². The topological polar surface area (TPSA) is 77.2 Å². The first-order chi connectivity index (χ1) is 12.6. The SMILES string of the molecule is COc1ccc(NC(=O)CSc2nnc(-c3ccccc3F)o2)c(C)c1. The molecule has 0 fully saturated rings. The van der Waals surface area contributed by atoms with Gasteiger partial charge in [0.05, 0.1) is 18.4 Å². The minimum absolute atomic E-state index is 0.0806. The van der Waals surface area contributed by atoms with E-state index in [-0.39, 0.29) is 28.3 Å². The van der Waals surface area contributed by atoms with Crippen molar-refractivity contribution >= 4 is 23.4 Å². The zero-order valence-corrected chi connectivity index (χ0v) is 15.0. The summed E-state index contributed by atoms with van der Waals surface area (Å²) in [6, 6.07) is 11.5. The molecule has 1 heterocycles. The summed E-state index contributed by atoms with van der Waals surface area (Å²) in [6.45, 7) is 1.88. The van der Waals surface area contributed by atoms with Gasteiger partial charge < -0.3 is 14.5 Å². The first kappa shape index (κ1) is 17.9. The molecule has 2 aromatic carbocycles. The summed E-state index contributed by atoms with van der Waals surface area (Å²) in [5.41, 5.74) is 1.82. The van der Waals surface area contributed by atoms with Crippen molar-refractivity contribution in [3.05, 3.63) is 53.8 Å². The van der Waals surface area contributed by atoms with E-state index >= 15 is 0 Å². The number of methoxy groups -OCH3 is 1. The molecule has 3 rings (SSSR count). The standard InChI is InChI=1S/C18H16FN3O3S/c1-11-9-12(24-2)7-8-15(11)20-16(23)10-26-18-22-21-17(25-18)13-5-3-4-6-14(13)19/h3-9H,10H2,1-2H3,(H,20,23). The molecule has 0 unspecified atom stereocenters. The zero-order valence-electron chi connectivity index (χ0n) is 14.2. The van der Waals surface area contributed by atoms with E-state index in [0.717, 1.165) is 23.1 Å². The van der Waals surface area contributed by atoms with Crippen LogP contribution in [0.2, 0.25) is 0 Å². The minimum atomic E-state index is -0.444. The molecule has 26 heavy (non-hydrogen) atoms. The van der Waals surface area contributed by atoms with Crippen molar-refractivity contribution < 1.29 is 18.3 Å². The normalized spacial score (nSPS) is 10.6. The highest BCUT2D eigenvalue weighted by atomic mass is 32.2. The summed E-state index contributed by atoms with van der Waals surface area (Å²) >= 11 is 1.08. The van der Waals surface area contributed by atoms with Gasteiger partial charge in [0.2, 0.25) is 5.91 Å². The smallest absolute Gasteiger partial charge is 0.277 e. The molecule has 6 nitrogen and oxygen atoms in total. The molecule has 1 N–H and O–H groups in total. The molecule has 0 bridgehead atoms. The largest absolute Gasteiger partial charge is 0.497 e. The highest BCUT2D eigenvalue weighted by molar-refractivity contribution is 7.99. The van der Waals surface area contributed by atoms with Crippen LogP contribution in [0.4, 0.5) is 10.1 Å². The van der Waals surface area contributed by atoms with Crippen molar-refractivity contribution in [2.45, 2.75) is 12.1 Å². The van der Waals surface area contributed by atoms with Crippen LogP contribution in [0.25, 0.3) is 11.5 Å². The van der Waals surface area contributed by atoms with Gasteiger partial charge in [-0.15, -0.1) is 10.2 Å². The van der Waals surface area contributed by atoms with Crippen LogP contribution in [-0.2, 0) is 4.79 Å². The molecular formula is C18H16FN3O3S. The van der Waals surface area contributed by atoms with Crippen molar-refractivity contribution in [2.24, 2.45) is 0 Å². The van der Waals surface area contributed by atoms with Crippen LogP contribution >= 0.6 is 11.8 Å². The summed E-state index contributed by atoms with van der Waals surface area (Å²) in [6.07, 6.45) is 0. The number of anilines is 1. The molecule has 0 spiro atoms. The van der Waals surface area contributed by atoms with Gasteiger partial charge in [-0.2, -0.15) is 0 Å². The summed E-state index contributed by atoms with van der Waals surface area (Å²) in [5.74, 6) is 0.234. The molecule has 0 atom stereocenters. The molecule has 1 amide bonds. The number of thioether (sulfide) groups is 1. The van der Waals surface area contributed by atoms with E-state index in [9.17, 15) is 9.18 Å². The minimum Gasteiger partial charge on any atom is -0.497 e. The van der Waals surface area contributed by atoms with Crippen molar-refractivity contribution in [2.75, 3.05) is 18.2 Å². The van der Waals surface area contributed by atoms with E-state index in [0.29, 0.717) is 5.69 Å². The third kappa shape index (κ3) is 4.20. The number of carbonyl (C=O) groups excluding carboxylic acids is 1. The van der Waals surface area contributed by atoms with Crippen molar-refractivity contribution in [3.8, 4) is 17.2 Å². The van der Waals surface area contributed by atoms with Gasteiger partial charge in [0, 0.05) is 5.69 Å². The number of hydrogen-bond acceptors (Lipinski definition) is 6. The van der Waals surface area contributed by atoms with Crippen LogP contribution in [0.15, 0.2) is 52.1 Å². The maximum absolute atomic E-state index is 13.7. The van der Waals surface area contributed by atoms with Gasteiger partial charge in [0.15, 0.2) is 0 Å². The lowest BCUT2D eigenvalue weighted by Crippen LogP contribution is -2.14. The second kappa shape index (κ2) is 8.01. The van der Waals surface area contributed by atoms with Crippen LogP contribution < -0.4 is 10.1 Å². The zero-order chi connectivity index (χ0) is 18.5. The number of ether oxygens (including phenoxy) is 1. The fourth-order valence-electron chi connectivity index (χ4n) is 2.23.